The van der Waals surface area contributed by atoms with Crippen molar-refractivity contribution >= 4 is 17.7 Å². The van der Waals surface area contributed by atoms with E-state index in [1.165, 1.54) is 11.8 Å². The number of carbonyl (C=O) groups is 1. The Morgan fingerprint density at radius 1 is 1.21 bits per heavy atom. The maximum atomic E-state index is 12.2. The highest BCUT2D eigenvalue weighted by molar-refractivity contribution is 7.99. The van der Waals surface area contributed by atoms with Crippen LogP contribution in [0.15, 0.2) is 52.2 Å². The number of amides is 1. The minimum Gasteiger partial charge on any atom is -0.469 e. The molecular formula is C21H26N4O2S. The van der Waals surface area contributed by atoms with Gasteiger partial charge in [0.1, 0.15) is 5.76 Å². The van der Waals surface area contributed by atoms with Gasteiger partial charge in [-0.25, -0.2) is 0 Å². The summed E-state index contributed by atoms with van der Waals surface area (Å²) in [7, 11) is 0. The number of aryl methyl sites for hydroxylation is 1. The number of thioether (sulfide) groups is 1. The molecule has 0 radical (unpaired) electrons. The maximum Gasteiger partial charge on any atom is 0.230 e. The number of aromatic nitrogens is 3. The molecule has 0 bridgehead atoms. The number of carbonyl (C=O) groups excluding carboxylic acids is 1. The van der Waals surface area contributed by atoms with Crippen LogP contribution in [0.3, 0.4) is 0 Å². The number of nitrogens with one attached hydrogen (secondary N) is 1. The van der Waals surface area contributed by atoms with E-state index in [9.17, 15) is 4.79 Å². The first-order valence-corrected chi connectivity index (χ1v) is 10.5. The van der Waals surface area contributed by atoms with E-state index in [0.29, 0.717) is 10.9 Å². The zero-order valence-corrected chi connectivity index (χ0v) is 17.5. The van der Waals surface area contributed by atoms with Crippen LogP contribution in [-0.2, 0) is 4.79 Å². The van der Waals surface area contributed by atoms with E-state index in [2.05, 4.69) is 46.1 Å². The summed E-state index contributed by atoms with van der Waals surface area (Å²) < 4.78 is 7.55. The average molecular weight is 399 g/mol. The molecule has 0 aliphatic rings. The van der Waals surface area contributed by atoms with Gasteiger partial charge in [0, 0.05) is 6.04 Å². The lowest BCUT2D eigenvalue weighted by Crippen LogP contribution is -2.33. The van der Waals surface area contributed by atoms with E-state index in [1.54, 1.807) is 6.26 Å². The third-order valence-corrected chi connectivity index (χ3v) is 5.73. The van der Waals surface area contributed by atoms with Gasteiger partial charge in [0.05, 0.1) is 23.6 Å². The van der Waals surface area contributed by atoms with Gasteiger partial charge in [-0.15, -0.1) is 10.2 Å². The molecule has 7 heteroatoms. The van der Waals surface area contributed by atoms with E-state index in [1.807, 2.05) is 38.1 Å². The monoisotopic (exact) mass is 398 g/mol. The number of benzene rings is 1. The van der Waals surface area contributed by atoms with Gasteiger partial charge in [-0.2, -0.15) is 0 Å². The predicted octanol–water partition coefficient (Wildman–Crippen LogP) is 4.46. The standard InChI is InChI=1S/C21H26N4O2S/c1-5-14(2)22-19(26)13-28-21-24-23-20(18-11-12-27-16(18)4)25(21)15(3)17-9-7-6-8-10-17/h6-12,14-15H,5,13H2,1-4H3,(H,22,26)/t14-,15-/m1/s1. The van der Waals surface area contributed by atoms with E-state index >= 15 is 0 Å². The lowest BCUT2D eigenvalue weighted by Gasteiger charge is -2.18. The Labute approximate surface area is 169 Å². The first-order valence-electron chi connectivity index (χ1n) is 9.47. The van der Waals surface area contributed by atoms with Crippen LogP contribution in [0.25, 0.3) is 11.4 Å². The Morgan fingerprint density at radius 3 is 2.61 bits per heavy atom. The molecule has 28 heavy (non-hydrogen) atoms. The first-order chi connectivity index (χ1) is 13.5. The molecule has 0 spiro atoms. The molecule has 0 fully saturated rings. The summed E-state index contributed by atoms with van der Waals surface area (Å²) in [5, 5.41) is 12.5. The number of rotatable bonds is 8. The van der Waals surface area contributed by atoms with Crippen LogP contribution in [-0.4, -0.2) is 32.5 Å². The molecule has 0 aliphatic heterocycles. The molecule has 0 saturated heterocycles. The number of hydrogen-bond acceptors (Lipinski definition) is 5. The third kappa shape index (κ3) is 4.47. The normalized spacial score (nSPS) is 13.3. The van der Waals surface area contributed by atoms with Gasteiger partial charge >= 0.3 is 0 Å². The molecular weight excluding hydrogens is 372 g/mol. The number of nitrogens with zero attached hydrogens (tertiary/aromatic N) is 3. The summed E-state index contributed by atoms with van der Waals surface area (Å²) in [6, 6.07) is 12.3. The largest absolute Gasteiger partial charge is 0.469 e. The SMILES string of the molecule is CC[C@@H](C)NC(=O)CSc1nnc(-c2ccoc2C)n1[C@H](C)c1ccccc1. The van der Waals surface area contributed by atoms with Gasteiger partial charge in [-0.05, 0) is 38.8 Å². The molecule has 3 rings (SSSR count). The highest BCUT2D eigenvalue weighted by Gasteiger charge is 2.23. The zero-order chi connectivity index (χ0) is 20.1. The van der Waals surface area contributed by atoms with Crippen molar-refractivity contribution in [1.82, 2.24) is 20.1 Å². The van der Waals surface area contributed by atoms with Crippen molar-refractivity contribution in [3.63, 3.8) is 0 Å². The van der Waals surface area contributed by atoms with E-state index in [0.717, 1.165) is 29.1 Å². The van der Waals surface area contributed by atoms with Crippen molar-refractivity contribution < 1.29 is 9.21 Å². The third-order valence-electron chi connectivity index (χ3n) is 4.79. The van der Waals surface area contributed by atoms with Crippen molar-refractivity contribution in [2.24, 2.45) is 0 Å². The quantitative estimate of drug-likeness (QED) is 0.567. The van der Waals surface area contributed by atoms with Crippen LogP contribution < -0.4 is 5.32 Å². The molecule has 148 valence electrons. The predicted molar refractivity (Wildman–Crippen MR) is 111 cm³/mol. The van der Waals surface area contributed by atoms with Gasteiger partial charge in [0.2, 0.25) is 5.91 Å². The molecule has 0 aliphatic carbocycles. The van der Waals surface area contributed by atoms with Crippen molar-refractivity contribution in [2.75, 3.05) is 5.75 Å². The van der Waals surface area contributed by atoms with Crippen LogP contribution in [0, 0.1) is 6.92 Å². The average Bonchev–Trinajstić information content (AvgIpc) is 3.31. The molecule has 1 amide bonds. The molecule has 0 unspecified atom stereocenters. The van der Waals surface area contributed by atoms with Gasteiger partial charge < -0.3 is 9.73 Å². The summed E-state index contributed by atoms with van der Waals surface area (Å²) in [4.78, 5) is 12.2. The maximum absolute atomic E-state index is 12.2. The summed E-state index contributed by atoms with van der Waals surface area (Å²) >= 11 is 1.40. The highest BCUT2D eigenvalue weighted by atomic mass is 32.2. The lowest BCUT2D eigenvalue weighted by molar-refractivity contribution is -0.119. The molecule has 6 nitrogen and oxygen atoms in total. The number of hydrogen-bond donors (Lipinski definition) is 1. The molecule has 2 atom stereocenters. The van der Waals surface area contributed by atoms with Crippen molar-refractivity contribution in [3.05, 3.63) is 54.0 Å². The summed E-state index contributed by atoms with van der Waals surface area (Å²) in [5.41, 5.74) is 2.06. The number of furan rings is 1. The molecule has 1 N–H and O–H groups in total. The van der Waals surface area contributed by atoms with E-state index in [-0.39, 0.29) is 18.0 Å². The fraction of sp³-hybridized carbons (Fsp3) is 0.381. The fourth-order valence-corrected chi connectivity index (χ4v) is 3.78. The first kappa shape index (κ1) is 20.2. The smallest absolute Gasteiger partial charge is 0.230 e. The van der Waals surface area contributed by atoms with Crippen molar-refractivity contribution in [3.8, 4) is 11.4 Å². The summed E-state index contributed by atoms with van der Waals surface area (Å²) in [5.74, 6) is 1.84. The van der Waals surface area contributed by atoms with Gasteiger partial charge in [0.25, 0.3) is 0 Å². The lowest BCUT2D eigenvalue weighted by atomic mass is 10.1. The zero-order valence-electron chi connectivity index (χ0n) is 16.7. The summed E-state index contributed by atoms with van der Waals surface area (Å²) in [6.07, 6.45) is 2.56. The molecule has 1 aromatic carbocycles. The van der Waals surface area contributed by atoms with Gasteiger partial charge in [0.15, 0.2) is 11.0 Å². The Hall–Kier alpha value is -2.54. The second-order valence-electron chi connectivity index (χ2n) is 6.82. The summed E-state index contributed by atoms with van der Waals surface area (Å²) in [6.45, 7) is 8.08. The Bertz CT molecular complexity index is 920. The molecule has 3 aromatic rings. The van der Waals surface area contributed by atoms with Crippen LogP contribution >= 0.6 is 11.8 Å². The molecule has 0 saturated carbocycles. The fourth-order valence-electron chi connectivity index (χ4n) is 2.95. The van der Waals surface area contributed by atoms with Gasteiger partial charge in [-0.3, -0.25) is 9.36 Å². The second kappa shape index (κ2) is 9.10. The van der Waals surface area contributed by atoms with Gasteiger partial charge in [-0.1, -0.05) is 49.0 Å². The van der Waals surface area contributed by atoms with E-state index < -0.39 is 0 Å². The Kier molecular flexibility index (Phi) is 6.57. The van der Waals surface area contributed by atoms with Crippen LogP contribution in [0.2, 0.25) is 0 Å². The van der Waals surface area contributed by atoms with Crippen LogP contribution in [0.1, 0.15) is 44.6 Å². The van der Waals surface area contributed by atoms with Crippen LogP contribution in [0.5, 0.6) is 0 Å². The molecule has 2 heterocycles. The van der Waals surface area contributed by atoms with Crippen molar-refractivity contribution in [1.29, 1.82) is 0 Å². The van der Waals surface area contributed by atoms with E-state index in [4.69, 9.17) is 4.42 Å². The Morgan fingerprint density at radius 2 is 1.96 bits per heavy atom. The highest BCUT2D eigenvalue weighted by Crippen LogP contribution is 2.32. The van der Waals surface area contributed by atoms with Crippen molar-refractivity contribution in [2.45, 2.75) is 51.4 Å². The minimum absolute atomic E-state index is 0.00214. The van der Waals surface area contributed by atoms with Crippen LogP contribution in [0.4, 0.5) is 0 Å². The minimum atomic E-state index is 0.00214. The topological polar surface area (TPSA) is 73.0 Å². The second-order valence-corrected chi connectivity index (χ2v) is 7.76. The molecule has 2 aromatic heterocycles. The Balaban J connectivity index is 1.91.